The van der Waals surface area contributed by atoms with E-state index in [1.807, 2.05) is 67.6 Å². The minimum atomic E-state index is -0.596. The largest absolute Gasteiger partial charge is 0.389 e. The summed E-state index contributed by atoms with van der Waals surface area (Å²) in [5, 5.41) is 10.7. The smallest absolute Gasteiger partial charge is 0.184 e. The van der Waals surface area contributed by atoms with Crippen LogP contribution in [0, 0.1) is 5.92 Å². The van der Waals surface area contributed by atoms with Crippen LogP contribution in [0.4, 0.5) is 0 Å². The third kappa shape index (κ3) is 3.61. The van der Waals surface area contributed by atoms with Crippen molar-refractivity contribution in [3.63, 3.8) is 0 Å². The topological polar surface area (TPSA) is 47.9 Å². The Labute approximate surface area is 152 Å². The molecule has 0 aromatic heterocycles. The van der Waals surface area contributed by atoms with E-state index in [9.17, 15) is 5.11 Å². The summed E-state index contributed by atoms with van der Waals surface area (Å²) in [5.74, 6) is -0.0323. The third-order valence-electron chi connectivity index (χ3n) is 4.77. The molecule has 2 aromatic rings. The fourth-order valence-corrected chi connectivity index (χ4v) is 4.50. The van der Waals surface area contributed by atoms with E-state index in [4.69, 9.17) is 14.2 Å². The van der Waals surface area contributed by atoms with Gasteiger partial charge in [-0.15, -0.1) is 0 Å². The lowest BCUT2D eigenvalue weighted by Gasteiger charge is -2.47. The Morgan fingerprint density at radius 3 is 2.36 bits per heavy atom. The van der Waals surface area contributed by atoms with Crippen LogP contribution >= 0.6 is 11.8 Å². The zero-order valence-corrected chi connectivity index (χ0v) is 14.8. The average Bonchev–Trinajstić information content (AvgIpc) is 2.67. The fraction of sp³-hybridized carbons (Fsp3) is 0.400. The van der Waals surface area contributed by atoms with Crippen LogP contribution < -0.4 is 0 Å². The Balaban J connectivity index is 1.46. The fourth-order valence-electron chi connectivity index (χ4n) is 3.34. The van der Waals surface area contributed by atoms with Gasteiger partial charge in [-0.3, -0.25) is 0 Å². The molecule has 0 amide bonds. The summed E-state index contributed by atoms with van der Waals surface area (Å²) in [4.78, 5) is 1.08. The summed E-state index contributed by atoms with van der Waals surface area (Å²) in [6, 6.07) is 19.9. The van der Waals surface area contributed by atoms with Crippen molar-refractivity contribution < 1.29 is 19.3 Å². The van der Waals surface area contributed by atoms with Crippen LogP contribution in [0.1, 0.15) is 18.8 Å². The normalized spacial score (nSPS) is 35.1. The standard InChI is InChI=1S/C20H22O4S/c1-13-17(21)20(25-15-10-6-3-7-11-15)23-16-12-22-19(24-18(13)16)14-8-4-2-5-9-14/h2-11,13,16-21H,12H2,1H3. The van der Waals surface area contributed by atoms with Crippen molar-refractivity contribution in [2.45, 2.75) is 41.9 Å². The van der Waals surface area contributed by atoms with Crippen LogP contribution in [-0.2, 0) is 14.2 Å². The number of hydrogen-bond donors (Lipinski definition) is 1. The molecule has 0 aliphatic carbocycles. The lowest BCUT2D eigenvalue weighted by molar-refractivity contribution is -0.307. The van der Waals surface area contributed by atoms with Crippen LogP contribution in [0.3, 0.4) is 0 Å². The highest BCUT2D eigenvalue weighted by Crippen LogP contribution is 2.41. The highest BCUT2D eigenvalue weighted by Gasteiger charge is 2.47. The Morgan fingerprint density at radius 1 is 0.960 bits per heavy atom. The van der Waals surface area contributed by atoms with Crippen molar-refractivity contribution in [1.29, 1.82) is 0 Å². The van der Waals surface area contributed by atoms with Crippen molar-refractivity contribution >= 4 is 11.8 Å². The number of aliphatic hydroxyl groups is 1. The Bertz CT molecular complexity index is 679. The summed E-state index contributed by atoms with van der Waals surface area (Å²) < 4.78 is 18.1. The molecule has 4 rings (SSSR count). The predicted octanol–water partition coefficient (Wildman–Crippen LogP) is 3.61. The molecule has 0 bridgehead atoms. The number of rotatable bonds is 3. The number of benzene rings is 2. The molecule has 0 radical (unpaired) electrons. The number of fused-ring (bicyclic) bond motifs is 1. The second-order valence-electron chi connectivity index (χ2n) is 6.50. The van der Waals surface area contributed by atoms with E-state index < -0.39 is 12.4 Å². The Kier molecular flexibility index (Phi) is 5.10. The van der Waals surface area contributed by atoms with Crippen LogP contribution in [0.5, 0.6) is 0 Å². The van der Waals surface area contributed by atoms with Crippen LogP contribution in [-0.4, -0.2) is 35.5 Å². The van der Waals surface area contributed by atoms with Gasteiger partial charge in [-0.25, -0.2) is 0 Å². The molecule has 0 saturated carbocycles. The maximum absolute atomic E-state index is 10.7. The molecule has 2 fully saturated rings. The van der Waals surface area contributed by atoms with Gasteiger partial charge in [0, 0.05) is 16.4 Å². The molecule has 25 heavy (non-hydrogen) atoms. The van der Waals surface area contributed by atoms with E-state index in [2.05, 4.69) is 0 Å². The van der Waals surface area contributed by atoms with Gasteiger partial charge in [0.05, 0.1) is 18.8 Å². The van der Waals surface area contributed by atoms with Gasteiger partial charge in [0.1, 0.15) is 11.5 Å². The van der Waals surface area contributed by atoms with Gasteiger partial charge < -0.3 is 19.3 Å². The lowest BCUT2D eigenvalue weighted by atomic mass is 9.91. The Hall–Kier alpha value is -1.37. The van der Waals surface area contributed by atoms with Crippen molar-refractivity contribution in [2.75, 3.05) is 6.61 Å². The number of ether oxygens (including phenoxy) is 3. The highest BCUT2D eigenvalue weighted by atomic mass is 32.2. The molecule has 0 spiro atoms. The van der Waals surface area contributed by atoms with E-state index in [-0.39, 0.29) is 23.6 Å². The Morgan fingerprint density at radius 2 is 1.64 bits per heavy atom. The maximum atomic E-state index is 10.7. The minimum absolute atomic E-state index is 0.0323. The molecule has 2 aromatic carbocycles. The molecule has 6 unspecified atom stereocenters. The maximum Gasteiger partial charge on any atom is 0.184 e. The molecule has 1 N–H and O–H groups in total. The van der Waals surface area contributed by atoms with Gasteiger partial charge in [0.15, 0.2) is 6.29 Å². The van der Waals surface area contributed by atoms with Crippen molar-refractivity contribution in [1.82, 2.24) is 0 Å². The molecule has 5 heteroatoms. The quantitative estimate of drug-likeness (QED) is 0.908. The monoisotopic (exact) mass is 358 g/mol. The summed E-state index contributed by atoms with van der Waals surface area (Å²) in [5.41, 5.74) is 0.669. The molecule has 132 valence electrons. The first-order valence-electron chi connectivity index (χ1n) is 8.59. The van der Waals surface area contributed by atoms with Crippen molar-refractivity contribution in [3.05, 3.63) is 66.2 Å². The van der Waals surface area contributed by atoms with Crippen molar-refractivity contribution in [3.8, 4) is 0 Å². The summed E-state index contributed by atoms with van der Waals surface area (Å²) in [6.45, 7) is 2.49. The minimum Gasteiger partial charge on any atom is -0.389 e. The molecular weight excluding hydrogens is 336 g/mol. The number of thioether (sulfide) groups is 1. The summed E-state index contributed by atoms with van der Waals surface area (Å²) in [6.07, 6.45) is -1.35. The molecule has 2 saturated heterocycles. The number of hydrogen-bond acceptors (Lipinski definition) is 5. The van der Waals surface area contributed by atoms with Gasteiger partial charge in [-0.1, -0.05) is 67.2 Å². The zero-order chi connectivity index (χ0) is 17.2. The molecule has 2 aliphatic rings. The van der Waals surface area contributed by atoms with E-state index in [1.165, 1.54) is 0 Å². The van der Waals surface area contributed by atoms with E-state index >= 15 is 0 Å². The van der Waals surface area contributed by atoms with Crippen LogP contribution in [0.25, 0.3) is 0 Å². The van der Waals surface area contributed by atoms with E-state index in [0.717, 1.165) is 10.5 Å². The second kappa shape index (κ2) is 7.48. The predicted molar refractivity (Wildman–Crippen MR) is 96.1 cm³/mol. The lowest BCUT2D eigenvalue weighted by Crippen LogP contribution is -2.57. The first-order valence-corrected chi connectivity index (χ1v) is 9.47. The summed E-state index contributed by atoms with van der Waals surface area (Å²) in [7, 11) is 0. The van der Waals surface area contributed by atoms with Gasteiger partial charge in [0.25, 0.3) is 0 Å². The molecule has 4 nitrogen and oxygen atoms in total. The van der Waals surface area contributed by atoms with Gasteiger partial charge in [0.2, 0.25) is 0 Å². The zero-order valence-electron chi connectivity index (χ0n) is 14.0. The molecule has 6 atom stereocenters. The van der Waals surface area contributed by atoms with Crippen LogP contribution in [0.15, 0.2) is 65.6 Å². The van der Waals surface area contributed by atoms with E-state index in [0.29, 0.717) is 6.61 Å². The average molecular weight is 358 g/mol. The van der Waals surface area contributed by atoms with Gasteiger partial charge >= 0.3 is 0 Å². The summed E-state index contributed by atoms with van der Waals surface area (Å²) >= 11 is 1.55. The van der Waals surface area contributed by atoms with E-state index in [1.54, 1.807) is 11.8 Å². The number of aliphatic hydroxyl groups excluding tert-OH is 1. The second-order valence-corrected chi connectivity index (χ2v) is 7.67. The molecule has 2 heterocycles. The SMILES string of the molecule is CC1C(O)C(Sc2ccccc2)OC2COC(c3ccccc3)OC21. The van der Waals surface area contributed by atoms with Gasteiger partial charge in [-0.2, -0.15) is 0 Å². The van der Waals surface area contributed by atoms with Gasteiger partial charge in [-0.05, 0) is 12.1 Å². The first-order chi connectivity index (χ1) is 12.2. The molecular formula is C20H22O4S. The molecule has 2 aliphatic heterocycles. The van der Waals surface area contributed by atoms with Crippen molar-refractivity contribution in [2.24, 2.45) is 5.92 Å². The third-order valence-corrected chi connectivity index (χ3v) is 5.94. The first kappa shape index (κ1) is 17.1. The highest BCUT2D eigenvalue weighted by molar-refractivity contribution is 7.99. The van der Waals surface area contributed by atoms with Crippen LogP contribution in [0.2, 0.25) is 0 Å².